The van der Waals surface area contributed by atoms with E-state index in [-0.39, 0.29) is 6.04 Å². The lowest BCUT2D eigenvalue weighted by Gasteiger charge is -1.95. The van der Waals surface area contributed by atoms with Gasteiger partial charge < -0.3 is 5.73 Å². The van der Waals surface area contributed by atoms with Crippen LogP contribution in [0.5, 0.6) is 0 Å². The van der Waals surface area contributed by atoms with Crippen LogP contribution in [0.3, 0.4) is 0 Å². The van der Waals surface area contributed by atoms with Gasteiger partial charge in [-0.3, -0.25) is 0 Å². The van der Waals surface area contributed by atoms with Gasteiger partial charge in [0, 0.05) is 6.04 Å². The third kappa shape index (κ3) is 0.697. The Balaban J connectivity index is 2.21. The van der Waals surface area contributed by atoms with Crippen LogP contribution in [0.15, 0.2) is 0 Å². The minimum atomic E-state index is -2.66. The van der Waals surface area contributed by atoms with Crippen LogP contribution in [0.4, 0.5) is 0 Å². The second-order valence-electron chi connectivity index (χ2n) is 2.98. The minimum Gasteiger partial charge on any atom is -0.327 e. The van der Waals surface area contributed by atoms with Crippen molar-refractivity contribution < 1.29 is 8.42 Å². The summed E-state index contributed by atoms with van der Waals surface area (Å²) in [7, 11) is -2.66. The van der Waals surface area contributed by atoms with E-state index in [1.807, 2.05) is 0 Å². The van der Waals surface area contributed by atoms with Gasteiger partial charge in [0.05, 0.1) is 11.5 Å². The first-order chi connectivity index (χ1) is 4.10. The summed E-state index contributed by atoms with van der Waals surface area (Å²) >= 11 is 0. The molecule has 3 nitrogen and oxygen atoms in total. The zero-order chi connectivity index (χ0) is 6.65. The number of hydrogen-bond donors (Lipinski definition) is 1. The Morgan fingerprint density at radius 2 is 1.67 bits per heavy atom. The van der Waals surface area contributed by atoms with E-state index < -0.39 is 9.84 Å². The summed E-state index contributed by atoms with van der Waals surface area (Å²) in [4.78, 5) is 0. The summed E-state index contributed by atoms with van der Waals surface area (Å²) in [6, 6.07) is 0.202. The van der Waals surface area contributed by atoms with Crippen molar-refractivity contribution in [3.8, 4) is 0 Å². The van der Waals surface area contributed by atoms with E-state index in [4.69, 9.17) is 5.73 Å². The molecule has 0 spiro atoms. The van der Waals surface area contributed by atoms with Crippen LogP contribution in [0.1, 0.15) is 0 Å². The molecular formula is C5H9NO2S. The van der Waals surface area contributed by atoms with Crippen molar-refractivity contribution in [1.82, 2.24) is 0 Å². The molecule has 52 valence electrons. The second-order valence-corrected chi connectivity index (χ2v) is 5.14. The van der Waals surface area contributed by atoms with Crippen molar-refractivity contribution in [2.75, 3.05) is 11.5 Å². The maximum atomic E-state index is 10.8. The first-order valence-corrected chi connectivity index (χ1v) is 4.88. The average molecular weight is 147 g/mol. The lowest BCUT2D eigenvalue weighted by Crippen LogP contribution is -2.17. The van der Waals surface area contributed by atoms with E-state index in [9.17, 15) is 8.42 Å². The Morgan fingerprint density at radius 1 is 1.22 bits per heavy atom. The van der Waals surface area contributed by atoms with Crippen LogP contribution in [0.2, 0.25) is 0 Å². The fourth-order valence-electron chi connectivity index (χ4n) is 1.60. The monoisotopic (exact) mass is 147 g/mol. The smallest absolute Gasteiger partial charge is 0.151 e. The lowest BCUT2D eigenvalue weighted by molar-refractivity contribution is 0.595. The van der Waals surface area contributed by atoms with Crippen LogP contribution in [0, 0.1) is 11.8 Å². The minimum absolute atomic E-state index is 0.202. The number of sulfone groups is 1. The highest BCUT2D eigenvalue weighted by Crippen LogP contribution is 2.44. The third-order valence-corrected chi connectivity index (χ3v) is 4.08. The van der Waals surface area contributed by atoms with Gasteiger partial charge in [0.1, 0.15) is 0 Å². The third-order valence-electron chi connectivity index (χ3n) is 2.29. The van der Waals surface area contributed by atoms with Crippen molar-refractivity contribution in [2.45, 2.75) is 6.04 Å². The molecule has 0 amide bonds. The molecule has 2 fully saturated rings. The van der Waals surface area contributed by atoms with Crippen molar-refractivity contribution in [2.24, 2.45) is 17.6 Å². The SMILES string of the molecule is NC1[C@H]2CS(=O)(=O)C[C@@H]12. The Labute approximate surface area is 54.2 Å². The predicted molar refractivity (Wildman–Crippen MR) is 33.6 cm³/mol. The van der Waals surface area contributed by atoms with Gasteiger partial charge in [-0.15, -0.1) is 0 Å². The van der Waals surface area contributed by atoms with E-state index in [0.717, 1.165) is 0 Å². The summed E-state index contributed by atoms with van der Waals surface area (Å²) in [6.07, 6.45) is 0. The molecule has 0 aromatic rings. The first kappa shape index (κ1) is 5.68. The molecule has 0 aromatic carbocycles. The Bertz CT molecular complexity index is 215. The van der Waals surface area contributed by atoms with E-state index in [0.29, 0.717) is 23.3 Å². The van der Waals surface area contributed by atoms with Crippen LogP contribution in [0.25, 0.3) is 0 Å². The van der Waals surface area contributed by atoms with Crippen molar-refractivity contribution in [3.05, 3.63) is 0 Å². The molecule has 1 aliphatic carbocycles. The number of nitrogens with two attached hydrogens (primary N) is 1. The highest BCUT2D eigenvalue weighted by Gasteiger charge is 2.56. The summed E-state index contributed by atoms with van der Waals surface area (Å²) in [5.74, 6) is 1.32. The topological polar surface area (TPSA) is 60.2 Å². The molecular weight excluding hydrogens is 138 g/mol. The first-order valence-electron chi connectivity index (χ1n) is 3.06. The number of fused-ring (bicyclic) bond motifs is 1. The molecule has 1 saturated heterocycles. The van der Waals surface area contributed by atoms with Gasteiger partial charge in [-0.1, -0.05) is 0 Å². The van der Waals surface area contributed by atoms with E-state index in [1.165, 1.54) is 0 Å². The van der Waals surface area contributed by atoms with Gasteiger partial charge in [0.25, 0.3) is 0 Å². The molecule has 1 unspecified atom stereocenters. The van der Waals surface area contributed by atoms with Crippen molar-refractivity contribution >= 4 is 9.84 Å². The Kier molecular flexibility index (Phi) is 0.833. The highest BCUT2D eigenvalue weighted by atomic mass is 32.2. The molecule has 1 aliphatic heterocycles. The molecule has 0 radical (unpaired) electrons. The largest absolute Gasteiger partial charge is 0.327 e. The normalized spacial score (nSPS) is 52.8. The molecule has 2 aliphatic rings. The van der Waals surface area contributed by atoms with Crippen LogP contribution in [-0.4, -0.2) is 26.0 Å². The van der Waals surface area contributed by atoms with Gasteiger partial charge in [-0.2, -0.15) is 0 Å². The standard InChI is InChI=1S/C5H9NO2S/c6-5-3-1-9(7,8)2-4(3)5/h3-5H,1-2,6H2/t3-,4+,5?. The predicted octanol–water partition coefficient (Wildman–Crippen LogP) is -1.01. The molecule has 4 heteroatoms. The van der Waals surface area contributed by atoms with Crippen LogP contribution in [-0.2, 0) is 9.84 Å². The number of rotatable bonds is 0. The fourth-order valence-corrected chi connectivity index (χ4v) is 3.85. The molecule has 2 N–H and O–H groups in total. The summed E-state index contributed by atoms with van der Waals surface area (Å²) in [5.41, 5.74) is 5.53. The quantitative estimate of drug-likeness (QED) is 0.477. The van der Waals surface area contributed by atoms with Crippen molar-refractivity contribution in [3.63, 3.8) is 0 Å². The van der Waals surface area contributed by atoms with E-state index in [2.05, 4.69) is 0 Å². The van der Waals surface area contributed by atoms with Crippen molar-refractivity contribution in [1.29, 1.82) is 0 Å². The highest BCUT2D eigenvalue weighted by molar-refractivity contribution is 7.91. The maximum absolute atomic E-state index is 10.8. The zero-order valence-electron chi connectivity index (χ0n) is 4.95. The summed E-state index contributed by atoms with van der Waals surface area (Å²) in [6.45, 7) is 0. The van der Waals surface area contributed by atoms with E-state index >= 15 is 0 Å². The van der Waals surface area contributed by atoms with Crippen LogP contribution < -0.4 is 5.73 Å². The summed E-state index contributed by atoms with van der Waals surface area (Å²) in [5, 5.41) is 0. The molecule has 2 rings (SSSR count). The van der Waals surface area contributed by atoms with Gasteiger partial charge in [0.15, 0.2) is 9.84 Å². The molecule has 9 heavy (non-hydrogen) atoms. The molecule has 0 bridgehead atoms. The Hall–Kier alpha value is -0.0900. The zero-order valence-corrected chi connectivity index (χ0v) is 5.76. The lowest BCUT2D eigenvalue weighted by atomic mass is 10.4. The average Bonchev–Trinajstić information content (AvgIpc) is 2.26. The number of hydrogen-bond acceptors (Lipinski definition) is 3. The van der Waals surface area contributed by atoms with Gasteiger partial charge in [0.2, 0.25) is 0 Å². The maximum Gasteiger partial charge on any atom is 0.151 e. The van der Waals surface area contributed by atoms with E-state index in [1.54, 1.807) is 0 Å². The molecule has 1 heterocycles. The second kappa shape index (κ2) is 1.32. The summed E-state index contributed by atoms with van der Waals surface area (Å²) < 4.78 is 21.5. The fraction of sp³-hybridized carbons (Fsp3) is 1.00. The van der Waals surface area contributed by atoms with Crippen LogP contribution >= 0.6 is 0 Å². The van der Waals surface area contributed by atoms with Gasteiger partial charge in [-0.25, -0.2) is 8.42 Å². The van der Waals surface area contributed by atoms with Gasteiger partial charge >= 0.3 is 0 Å². The molecule has 1 saturated carbocycles. The molecule has 3 atom stereocenters. The molecule has 0 aromatic heterocycles. The Morgan fingerprint density at radius 3 is 2.00 bits per heavy atom. The van der Waals surface area contributed by atoms with Gasteiger partial charge in [-0.05, 0) is 11.8 Å².